The van der Waals surface area contributed by atoms with Crippen molar-refractivity contribution < 1.29 is 0 Å². The third kappa shape index (κ3) is 16.1. The smallest absolute Gasteiger partial charge is 0.0146 e. The van der Waals surface area contributed by atoms with Gasteiger partial charge < -0.3 is 0 Å². The van der Waals surface area contributed by atoms with E-state index in [1.807, 2.05) is 0 Å². The standard InChI is InChI=1S/5C16H20/c1-11(2)14-7-5-13-6-8-15(12(3)4)10-16(13)9-14;1-11(2)13-7-5-10-16-14(12(3)4)8-6-9-15(13)16;2*1-11(2)13-8-9-16-14(10-13)6-5-7-15(16)12(3)4;1-11(2)14-9-8-13-6-5-7-15(12(3)4)16(13)10-14/h5*5-12H,1-4H3. The van der Waals surface area contributed by atoms with E-state index in [2.05, 4.69) is 320 Å². The molecule has 0 aromatic heterocycles. The van der Waals surface area contributed by atoms with Crippen molar-refractivity contribution in [1.82, 2.24) is 0 Å². The van der Waals surface area contributed by atoms with E-state index >= 15 is 0 Å². The Morgan fingerprint density at radius 1 is 0.163 bits per heavy atom. The van der Waals surface area contributed by atoms with Crippen LogP contribution in [0.5, 0.6) is 0 Å². The molecular weight excluding hydrogens is 961 g/mol. The molecule has 10 aromatic carbocycles. The van der Waals surface area contributed by atoms with Gasteiger partial charge in [-0.05, 0) is 169 Å². The van der Waals surface area contributed by atoms with Crippen LogP contribution >= 0.6 is 0 Å². The fraction of sp³-hybridized carbons (Fsp3) is 0.375. The van der Waals surface area contributed by atoms with E-state index in [0.29, 0.717) is 59.2 Å². The molecule has 0 N–H and O–H groups in total. The zero-order valence-corrected chi connectivity index (χ0v) is 53.1. The van der Waals surface area contributed by atoms with Gasteiger partial charge in [-0.2, -0.15) is 0 Å². The summed E-state index contributed by atoms with van der Waals surface area (Å²) in [6.07, 6.45) is 0. The second-order valence-corrected chi connectivity index (χ2v) is 25.7. The minimum atomic E-state index is 0.589. The Bertz CT molecular complexity index is 3330. The molecule has 10 aromatic rings. The highest BCUT2D eigenvalue weighted by Gasteiger charge is 2.12. The van der Waals surface area contributed by atoms with Crippen molar-refractivity contribution in [2.24, 2.45) is 0 Å². The lowest BCUT2D eigenvalue weighted by Crippen LogP contribution is -1.93. The Balaban J connectivity index is 0.000000161. The molecule has 0 spiro atoms. The normalized spacial score (nSPS) is 11.6. The lowest BCUT2D eigenvalue weighted by atomic mass is 9.90. The summed E-state index contributed by atoms with van der Waals surface area (Å²) in [5, 5.41) is 13.9. The zero-order valence-electron chi connectivity index (χ0n) is 53.1. The SMILES string of the molecule is CC(C)c1ccc2c(C(C)C)cccc2c1.CC(C)c1ccc2c(C(C)C)cccc2c1.CC(C)c1ccc2ccc(C(C)C)cc2c1.CC(C)c1ccc2cccc(C(C)C)c2c1.CC(C)c1cccc2c(C(C)C)cccc12. The van der Waals surface area contributed by atoms with Gasteiger partial charge in [0.25, 0.3) is 0 Å². The van der Waals surface area contributed by atoms with Crippen molar-refractivity contribution in [2.45, 2.75) is 198 Å². The monoisotopic (exact) mass is 1060 g/mol. The minimum absolute atomic E-state index is 0.589. The van der Waals surface area contributed by atoms with E-state index in [1.165, 1.54) is 109 Å². The number of rotatable bonds is 10. The number of fused-ring (bicyclic) bond motifs is 5. The Morgan fingerprint density at radius 3 is 0.738 bits per heavy atom. The summed E-state index contributed by atoms with van der Waals surface area (Å²) >= 11 is 0. The molecule has 0 saturated heterocycles. The van der Waals surface area contributed by atoms with Crippen LogP contribution in [0.25, 0.3) is 53.9 Å². The van der Waals surface area contributed by atoms with Crippen molar-refractivity contribution in [1.29, 1.82) is 0 Å². The van der Waals surface area contributed by atoms with E-state index in [0.717, 1.165) is 0 Å². The number of hydrogen-bond donors (Lipinski definition) is 0. The summed E-state index contributed by atoms with van der Waals surface area (Å²) < 4.78 is 0. The van der Waals surface area contributed by atoms with Gasteiger partial charge in [-0.15, -0.1) is 0 Å². The summed E-state index contributed by atoms with van der Waals surface area (Å²) in [6, 6.07) is 67.4. The Morgan fingerprint density at radius 2 is 0.412 bits per heavy atom. The molecule has 0 aliphatic heterocycles. The first kappa shape index (κ1) is 62.7. The second-order valence-electron chi connectivity index (χ2n) is 25.7. The van der Waals surface area contributed by atoms with Crippen LogP contribution in [0.3, 0.4) is 0 Å². The molecule has 0 unspecified atom stereocenters. The van der Waals surface area contributed by atoms with Gasteiger partial charge in [0.05, 0.1) is 0 Å². The predicted molar refractivity (Wildman–Crippen MR) is 361 cm³/mol. The van der Waals surface area contributed by atoms with Gasteiger partial charge in [-0.3, -0.25) is 0 Å². The highest BCUT2D eigenvalue weighted by molar-refractivity contribution is 5.91. The van der Waals surface area contributed by atoms with Crippen LogP contribution in [0.4, 0.5) is 0 Å². The summed E-state index contributed by atoms with van der Waals surface area (Å²) in [5.74, 6) is 5.97. The van der Waals surface area contributed by atoms with Crippen LogP contribution in [0.2, 0.25) is 0 Å². The maximum Gasteiger partial charge on any atom is -0.0146 e. The van der Waals surface area contributed by atoms with Gasteiger partial charge in [0.2, 0.25) is 0 Å². The number of hydrogen-bond acceptors (Lipinski definition) is 0. The van der Waals surface area contributed by atoms with Gasteiger partial charge in [0.15, 0.2) is 0 Å². The largest absolute Gasteiger partial charge is 0.0613 e. The van der Waals surface area contributed by atoms with Crippen molar-refractivity contribution in [3.8, 4) is 0 Å². The molecule has 0 amide bonds. The van der Waals surface area contributed by atoms with Crippen molar-refractivity contribution in [2.75, 3.05) is 0 Å². The summed E-state index contributed by atoms with van der Waals surface area (Å²) in [7, 11) is 0. The first-order valence-corrected chi connectivity index (χ1v) is 30.6. The van der Waals surface area contributed by atoms with Crippen LogP contribution in [-0.4, -0.2) is 0 Å². The average molecular weight is 1060 g/mol. The summed E-state index contributed by atoms with van der Waals surface area (Å²) in [4.78, 5) is 0. The molecule has 0 aliphatic carbocycles. The average Bonchev–Trinajstić information content (AvgIpc) is 3.43. The molecule has 0 bridgehead atoms. The first-order chi connectivity index (χ1) is 38.0. The van der Waals surface area contributed by atoms with Crippen LogP contribution in [0, 0.1) is 0 Å². The molecule has 10 rings (SSSR count). The molecule has 0 heterocycles. The maximum absolute atomic E-state index is 2.36. The summed E-state index contributed by atoms with van der Waals surface area (Å²) in [5.41, 5.74) is 14.4. The molecule has 0 atom stereocenters. The van der Waals surface area contributed by atoms with E-state index in [9.17, 15) is 0 Å². The van der Waals surface area contributed by atoms with Gasteiger partial charge in [0.1, 0.15) is 0 Å². The predicted octanol–water partition coefficient (Wildman–Crippen LogP) is 25.4. The van der Waals surface area contributed by atoms with Gasteiger partial charge in [-0.1, -0.05) is 320 Å². The van der Waals surface area contributed by atoms with Crippen molar-refractivity contribution in [3.05, 3.63) is 238 Å². The molecule has 0 nitrogen and oxygen atoms in total. The third-order valence-electron chi connectivity index (χ3n) is 16.1. The Kier molecular flexibility index (Phi) is 22.5. The van der Waals surface area contributed by atoms with E-state index in [-0.39, 0.29) is 0 Å². The quantitative estimate of drug-likeness (QED) is 0.128. The highest BCUT2D eigenvalue weighted by atomic mass is 14.2. The highest BCUT2D eigenvalue weighted by Crippen LogP contribution is 2.34. The topological polar surface area (TPSA) is 0 Å². The van der Waals surface area contributed by atoms with Gasteiger partial charge >= 0.3 is 0 Å². The first-order valence-electron chi connectivity index (χ1n) is 30.6. The van der Waals surface area contributed by atoms with Crippen LogP contribution in [0.1, 0.15) is 253 Å². The fourth-order valence-electron chi connectivity index (χ4n) is 10.9. The number of benzene rings is 10. The zero-order chi connectivity index (χ0) is 58.5. The molecule has 0 fully saturated rings. The van der Waals surface area contributed by atoms with E-state index in [4.69, 9.17) is 0 Å². The second kappa shape index (κ2) is 28.8. The molecular formula is C80H100. The van der Waals surface area contributed by atoms with Crippen molar-refractivity contribution in [3.63, 3.8) is 0 Å². The molecule has 0 heteroatoms. The molecule has 80 heavy (non-hydrogen) atoms. The van der Waals surface area contributed by atoms with Gasteiger partial charge in [0, 0.05) is 0 Å². The Labute approximate surface area is 486 Å². The minimum Gasteiger partial charge on any atom is -0.0613 e. The lowest BCUT2D eigenvalue weighted by molar-refractivity contribution is 0.862. The molecule has 0 radical (unpaired) electrons. The van der Waals surface area contributed by atoms with Crippen LogP contribution < -0.4 is 0 Å². The van der Waals surface area contributed by atoms with Crippen LogP contribution in [-0.2, 0) is 0 Å². The molecule has 0 aliphatic rings. The van der Waals surface area contributed by atoms with Crippen molar-refractivity contribution >= 4 is 53.9 Å². The maximum atomic E-state index is 2.36. The fourth-order valence-corrected chi connectivity index (χ4v) is 10.9. The van der Waals surface area contributed by atoms with Crippen LogP contribution in [0.15, 0.2) is 182 Å². The summed E-state index contributed by atoms with van der Waals surface area (Å²) in [6.45, 7) is 45.0. The molecule has 420 valence electrons. The van der Waals surface area contributed by atoms with Gasteiger partial charge in [-0.25, -0.2) is 0 Å². The third-order valence-corrected chi connectivity index (χ3v) is 16.1. The van der Waals surface area contributed by atoms with E-state index < -0.39 is 0 Å². The Hall–Kier alpha value is -6.50. The lowest BCUT2D eigenvalue weighted by Gasteiger charge is -2.14. The molecule has 0 saturated carbocycles. The van der Waals surface area contributed by atoms with E-state index in [1.54, 1.807) is 0 Å².